The van der Waals surface area contributed by atoms with Crippen molar-refractivity contribution in [3.05, 3.63) is 68.9 Å². The molecule has 1 saturated carbocycles. The predicted octanol–water partition coefficient (Wildman–Crippen LogP) is 6.10. The highest BCUT2D eigenvalue weighted by molar-refractivity contribution is 6.31. The highest BCUT2D eigenvalue weighted by Crippen LogP contribution is 2.38. The minimum atomic E-state index is -4.82. The SMILES string of the molecule is O=C(CO[C@H]1CC[C@H](Nc2ccc([N+](=O)[O-])c(C(F)(F)F)c2)CC1)N1CCN(Cc2cc3cc(Cl)ccc3o2)CC1. The van der Waals surface area contributed by atoms with Crippen LogP contribution in [0.4, 0.5) is 24.5 Å². The normalized spacial score (nSPS) is 20.3. The summed E-state index contributed by atoms with van der Waals surface area (Å²) in [6.45, 7) is 3.28. The Kier molecular flexibility index (Phi) is 8.71. The molecule has 1 aliphatic carbocycles. The summed E-state index contributed by atoms with van der Waals surface area (Å²) < 4.78 is 51.6. The fraction of sp³-hybridized carbons (Fsp3) is 0.464. The maximum absolute atomic E-state index is 13.3. The molecule has 2 heterocycles. The standard InChI is InChI=1S/C28H30ClF3N4O5/c29-19-1-8-26-18(13-19)14-23(41-26)16-34-9-11-35(12-10-34)27(37)17-40-22-5-2-20(3-6-22)33-21-4-7-25(36(38)39)24(15-21)28(30,31)32/h1,4,7-8,13-15,20,22,33H,2-3,5-6,9-12,16-17H2/t20-,22-. The molecule has 1 saturated heterocycles. The van der Waals surface area contributed by atoms with Crippen LogP contribution in [0.15, 0.2) is 46.9 Å². The van der Waals surface area contributed by atoms with E-state index in [-0.39, 0.29) is 30.3 Å². The van der Waals surface area contributed by atoms with Crippen molar-refractivity contribution >= 4 is 39.9 Å². The van der Waals surface area contributed by atoms with Crippen LogP contribution in [0.5, 0.6) is 0 Å². The molecule has 2 aromatic carbocycles. The van der Waals surface area contributed by atoms with Crippen molar-refractivity contribution in [1.29, 1.82) is 0 Å². The van der Waals surface area contributed by atoms with E-state index in [4.69, 9.17) is 20.8 Å². The van der Waals surface area contributed by atoms with Crippen LogP contribution in [0.2, 0.25) is 5.02 Å². The molecule has 41 heavy (non-hydrogen) atoms. The van der Waals surface area contributed by atoms with Gasteiger partial charge in [0.25, 0.3) is 5.69 Å². The number of alkyl halides is 3. The van der Waals surface area contributed by atoms with Crippen molar-refractivity contribution in [2.45, 2.75) is 50.6 Å². The third-order valence-corrected chi connectivity index (χ3v) is 7.86. The van der Waals surface area contributed by atoms with Crippen molar-refractivity contribution in [3.8, 4) is 0 Å². The number of amides is 1. The highest BCUT2D eigenvalue weighted by atomic mass is 35.5. The number of rotatable bonds is 8. The number of halogens is 4. The minimum Gasteiger partial charge on any atom is -0.460 e. The molecule has 2 fully saturated rings. The van der Waals surface area contributed by atoms with Gasteiger partial charge in [-0.2, -0.15) is 13.2 Å². The third-order valence-electron chi connectivity index (χ3n) is 7.62. The molecule has 1 aromatic heterocycles. The Balaban J connectivity index is 1.03. The minimum absolute atomic E-state index is 0.00953. The van der Waals surface area contributed by atoms with Crippen LogP contribution in [-0.2, 0) is 22.3 Å². The summed E-state index contributed by atoms with van der Waals surface area (Å²) in [4.78, 5) is 26.7. The Morgan fingerprint density at radius 3 is 2.49 bits per heavy atom. The lowest BCUT2D eigenvalue weighted by molar-refractivity contribution is -0.388. The van der Waals surface area contributed by atoms with Gasteiger partial charge in [-0.05, 0) is 62.1 Å². The lowest BCUT2D eigenvalue weighted by atomic mass is 9.92. The first-order chi connectivity index (χ1) is 19.5. The molecule has 13 heteroatoms. The zero-order valence-corrected chi connectivity index (χ0v) is 22.9. The average molecular weight is 595 g/mol. The summed E-state index contributed by atoms with van der Waals surface area (Å²) in [6.07, 6.45) is -2.34. The van der Waals surface area contributed by atoms with Crippen molar-refractivity contribution in [2.24, 2.45) is 0 Å². The molecule has 1 N–H and O–H groups in total. The molecule has 5 rings (SSSR count). The first kappa shape index (κ1) is 29.2. The fourth-order valence-corrected chi connectivity index (χ4v) is 5.61. The number of benzene rings is 2. The third kappa shape index (κ3) is 7.30. The van der Waals surface area contributed by atoms with E-state index < -0.39 is 22.4 Å². The van der Waals surface area contributed by atoms with E-state index in [0.717, 1.165) is 42.0 Å². The van der Waals surface area contributed by atoms with E-state index in [2.05, 4.69) is 10.2 Å². The maximum Gasteiger partial charge on any atom is 0.423 e. The number of ether oxygens (including phenoxy) is 1. The van der Waals surface area contributed by atoms with Gasteiger partial charge in [-0.25, -0.2) is 0 Å². The van der Waals surface area contributed by atoms with Gasteiger partial charge in [-0.15, -0.1) is 0 Å². The van der Waals surface area contributed by atoms with Crippen LogP contribution in [-0.4, -0.2) is 65.6 Å². The molecular formula is C28H30ClF3N4O5. The highest BCUT2D eigenvalue weighted by Gasteiger charge is 2.38. The summed E-state index contributed by atoms with van der Waals surface area (Å²) in [5, 5.41) is 15.7. The van der Waals surface area contributed by atoms with Crippen LogP contribution in [0.3, 0.4) is 0 Å². The number of carbonyl (C=O) groups excluding carboxylic acids is 1. The number of fused-ring (bicyclic) bond motifs is 1. The van der Waals surface area contributed by atoms with E-state index in [1.165, 1.54) is 6.07 Å². The van der Waals surface area contributed by atoms with Gasteiger partial charge in [0, 0.05) is 54.4 Å². The Hall–Kier alpha value is -3.35. The van der Waals surface area contributed by atoms with E-state index in [1.54, 1.807) is 11.0 Å². The van der Waals surface area contributed by atoms with E-state index in [0.29, 0.717) is 50.3 Å². The van der Waals surface area contributed by atoms with Crippen LogP contribution in [0.25, 0.3) is 11.0 Å². The Morgan fingerprint density at radius 2 is 1.80 bits per heavy atom. The first-order valence-corrected chi connectivity index (χ1v) is 13.8. The molecule has 220 valence electrons. The molecule has 0 radical (unpaired) electrons. The largest absolute Gasteiger partial charge is 0.460 e. The second-order valence-electron chi connectivity index (χ2n) is 10.5. The lowest BCUT2D eigenvalue weighted by Gasteiger charge is -2.35. The van der Waals surface area contributed by atoms with Gasteiger partial charge in [-0.3, -0.25) is 19.8 Å². The summed E-state index contributed by atoms with van der Waals surface area (Å²) in [6, 6.07) is 10.4. The zero-order valence-electron chi connectivity index (χ0n) is 22.2. The summed E-state index contributed by atoms with van der Waals surface area (Å²) >= 11 is 6.06. The predicted molar refractivity (Wildman–Crippen MR) is 147 cm³/mol. The van der Waals surface area contributed by atoms with Gasteiger partial charge < -0.3 is 19.4 Å². The topological polar surface area (TPSA) is 101 Å². The van der Waals surface area contributed by atoms with Crippen molar-refractivity contribution in [2.75, 3.05) is 38.1 Å². The number of furan rings is 1. The number of piperazine rings is 1. The number of nitro benzene ring substituents is 1. The fourth-order valence-electron chi connectivity index (χ4n) is 5.42. The number of hydrogen-bond donors (Lipinski definition) is 1. The molecule has 9 nitrogen and oxygen atoms in total. The second-order valence-corrected chi connectivity index (χ2v) is 10.9. The number of carbonyl (C=O) groups is 1. The molecule has 1 aliphatic heterocycles. The van der Waals surface area contributed by atoms with E-state index in [1.807, 2.05) is 18.2 Å². The molecule has 2 aliphatic rings. The number of nitrogens with one attached hydrogen (secondary N) is 1. The summed E-state index contributed by atoms with van der Waals surface area (Å²) in [7, 11) is 0. The smallest absolute Gasteiger partial charge is 0.423 e. The molecule has 1 amide bonds. The van der Waals surface area contributed by atoms with Crippen LogP contribution >= 0.6 is 11.6 Å². The van der Waals surface area contributed by atoms with Crippen molar-refractivity contribution in [3.63, 3.8) is 0 Å². The monoisotopic (exact) mass is 594 g/mol. The Morgan fingerprint density at radius 1 is 1.07 bits per heavy atom. The Bertz CT molecular complexity index is 1400. The van der Waals surface area contributed by atoms with E-state index >= 15 is 0 Å². The van der Waals surface area contributed by atoms with Crippen molar-refractivity contribution in [1.82, 2.24) is 9.80 Å². The van der Waals surface area contributed by atoms with Crippen LogP contribution < -0.4 is 5.32 Å². The van der Waals surface area contributed by atoms with Gasteiger partial charge in [0.05, 0.1) is 17.6 Å². The molecule has 0 spiro atoms. The molecular weight excluding hydrogens is 565 g/mol. The zero-order chi connectivity index (χ0) is 29.1. The van der Waals surface area contributed by atoms with Gasteiger partial charge in [0.1, 0.15) is 23.5 Å². The summed E-state index contributed by atoms with van der Waals surface area (Å²) in [5.74, 6) is 0.790. The Labute approximate surface area is 239 Å². The van der Waals surface area contributed by atoms with E-state index in [9.17, 15) is 28.1 Å². The second kappa shape index (κ2) is 12.3. The van der Waals surface area contributed by atoms with Gasteiger partial charge in [0.15, 0.2) is 0 Å². The molecule has 0 unspecified atom stereocenters. The summed E-state index contributed by atoms with van der Waals surface area (Å²) in [5.41, 5.74) is -1.26. The van der Waals surface area contributed by atoms with Gasteiger partial charge >= 0.3 is 6.18 Å². The molecule has 0 atom stereocenters. The van der Waals surface area contributed by atoms with Gasteiger partial charge in [0.2, 0.25) is 5.91 Å². The van der Waals surface area contributed by atoms with Crippen LogP contribution in [0.1, 0.15) is 37.0 Å². The number of hydrogen-bond acceptors (Lipinski definition) is 7. The maximum atomic E-state index is 13.3. The quantitative estimate of drug-likeness (QED) is 0.248. The average Bonchev–Trinajstić information content (AvgIpc) is 3.33. The number of nitro groups is 1. The van der Waals surface area contributed by atoms with Crippen molar-refractivity contribution < 1.29 is 32.0 Å². The van der Waals surface area contributed by atoms with Gasteiger partial charge in [-0.1, -0.05) is 11.6 Å². The number of anilines is 1. The number of nitrogens with zero attached hydrogens (tertiary/aromatic N) is 3. The van der Waals surface area contributed by atoms with Crippen LogP contribution in [0, 0.1) is 10.1 Å². The lowest BCUT2D eigenvalue weighted by Crippen LogP contribution is -2.49. The molecule has 0 bridgehead atoms. The first-order valence-electron chi connectivity index (χ1n) is 13.5. The molecule has 3 aromatic rings.